The molecule has 0 amide bonds. The van der Waals surface area contributed by atoms with Crippen LogP contribution in [-0.4, -0.2) is 16.4 Å². The van der Waals surface area contributed by atoms with Gasteiger partial charge in [0.2, 0.25) is 0 Å². The van der Waals surface area contributed by atoms with Crippen molar-refractivity contribution in [3.8, 4) is 0 Å². The number of aliphatic hydroxyl groups excluding tert-OH is 2. The first-order valence-electron chi connectivity index (χ1n) is 4.34. The lowest BCUT2D eigenvalue weighted by atomic mass is 10.0. The zero-order valence-electron chi connectivity index (χ0n) is 7.88. The molecule has 1 aliphatic heterocycles. The minimum Gasteiger partial charge on any atom is -0.507 e. The summed E-state index contributed by atoms with van der Waals surface area (Å²) in [7, 11) is 0. The maximum atomic E-state index is 9.82. The highest BCUT2D eigenvalue weighted by Gasteiger charge is 2.24. The van der Waals surface area contributed by atoms with Crippen LogP contribution in [0.2, 0.25) is 10.0 Å². The van der Waals surface area contributed by atoms with Gasteiger partial charge in [0.15, 0.2) is 0 Å². The van der Waals surface area contributed by atoms with E-state index in [-0.39, 0.29) is 5.76 Å². The maximum absolute atomic E-state index is 9.82. The van der Waals surface area contributed by atoms with Gasteiger partial charge in [0.1, 0.15) is 12.0 Å². The van der Waals surface area contributed by atoms with Crippen LogP contribution >= 0.6 is 23.2 Å². The molecule has 1 heterocycles. The van der Waals surface area contributed by atoms with Crippen LogP contribution in [-0.2, 0) is 0 Å². The van der Waals surface area contributed by atoms with E-state index in [0.717, 1.165) is 0 Å². The molecule has 1 aromatic rings. The lowest BCUT2D eigenvalue weighted by Crippen LogP contribution is -2.25. The standard InChI is InChI=1S/C10H9Cl2NO2/c1-4-9(14)8-6(12)2-5(11)3-7(8)13-10(4)15/h2-3,10,13-15H,1H3. The van der Waals surface area contributed by atoms with Gasteiger partial charge in [-0.15, -0.1) is 0 Å². The van der Waals surface area contributed by atoms with E-state index in [9.17, 15) is 10.2 Å². The van der Waals surface area contributed by atoms with Crippen molar-refractivity contribution in [3.63, 3.8) is 0 Å². The average molecular weight is 246 g/mol. The van der Waals surface area contributed by atoms with E-state index in [1.165, 1.54) is 0 Å². The van der Waals surface area contributed by atoms with Crippen molar-refractivity contribution in [1.82, 2.24) is 0 Å². The summed E-state index contributed by atoms with van der Waals surface area (Å²) in [5, 5.41) is 23.0. The van der Waals surface area contributed by atoms with E-state index in [0.29, 0.717) is 26.9 Å². The Balaban J connectivity index is 2.69. The van der Waals surface area contributed by atoms with Gasteiger partial charge >= 0.3 is 0 Å². The smallest absolute Gasteiger partial charge is 0.150 e. The molecule has 2 rings (SSSR count). The van der Waals surface area contributed by atoms with E-state index in [1.807, 2.05) is 0 Å². The van der Waals surface area contributed by atoms with Crippen LogP contribution in [0, 0.1) is 0 Å². The first-order chi connectivity index (χ1) is 7.00. The van der Waals surface area contributed by atoms with E-state index in [4.69, 9.17) is 23.2 Å². The number of rotatable bonds is 0. The summed E-state index contributed by atoms with van der Waals surface area (Å²) >= 11 is 11.8. The van der Waals surface area contributed by atoms with E-state index in [1.54, 1.807) is 19.1 Å². The van der Waals surface area contributed by atoms with Gasteiger partial charge in [0, 0.05) is 10.6 Å². The zero-order valence-corrected chi connectivity index (χ0v) is 9.39. The Kier molecular flexibility index (Phi) is 2.54. The van der Waals surface area contributed by atoms with Crippen molar-refractivity contribution in [2.24, 2.45) is 0 Å². The number of fused-ring (bicyclic) bond motifs is 1. The quantitative estimate of drug-likeness (QED) is 0.659. The van der Waals surface area contributed by atoms with Gasteiger partial charge in [0.05, 0.1) is 16.3 Å². The Bertz CT molecular complexity index is 457. The van der Waals surface area contributed by atoms with Crippen LogP contribution in [0.3, 0.4) is 0 Å². The van der Waals surface area contributed by atoms with Crippen molar-refractivity contribution in [3.05, 3.63) is 33.3 Å². The maximum Gasteiger partial charge on any atom is 0.150 e. The van der Waals surface area contributed by atoms with Crippen LogP contribution in [0.5, 0.6) is 0 Å². The number of nitrogens with one attached hydrogen (secondary N) is 1. The van der Waals surface area contributed by atoms with Crippen molar-refractivity contribution in [1.29, 1.82) is 0 Å². The molecule has 5 heteroatoms. The van der Waals surface area contributed by atoms with E-state index < -0.39 is 6.23 Å². The molecule has 0 fully saturated rings. The summed E-state index contributed by atoms with van der Waals surface area (Å²) in [4.78, 5) is 0. The van der Waals surface area contributed by atoms with Crippen molar-refractivity contribution >= 4 is 34.6 Å². The second-order valence-electron chi connectivity index (χ2n) is 3.39. The molecular weight excluding hydrogens is 237 g/mol. The summed E-state index contributed by atoms with van der Waals surface area (Å²) in [5.41, 5.74) is 1.44. The first kappa shape index (κ1) is 10.6. The number of hydrogen-bond donors (Lipinski definition) is 3. The first-order valence-corrected chi connectivity index (χ1v) is 5.10. The average Bonchev–Trinajstić information content (AvgIpc) is 2.13. The molecule has 0 aromatic heterocycles. The summed E-state index contributed by atoms with van der Waals surface area (Å²) in [6.07, 6.45) is -0.910. The molecule has 3 nitrogen and oxygen atoms in total. The molecule has 0 aliphatic carbocycles. The number of anilines is 1. The van der Waals surface area contributed by atoms with Gasteiger partial charge in [0.25, 0.3) is 0 Å². The summed E-state index contributed by atoms with van der Waals surface area (Å²) < 4.78 is 0. The fraction of sp³-hybridized carbons (Fsp3) is 0.200. The van der Waals surface area contributed by atoms with E-state index in [2.05, 4.69) is 5.32 Å². The molecule has 0 saturated carbocycles. The fourth-order valence-electron chi connectivity index (χ4n) is 1.51. The third-order valence-corrected chi connectivity index (χ3v) is 2.88. The number of aliphatic hydroxyl groups is 2. The largest absolute Gasteiger partial charge is 0.507 e. The molecule has 15 heavy (non-hydrogen) atoms. The predicted octanol–water partition coefficient (Wildman–Crippen LogP) is 3.03. The molecule has 1 aromatic carbocycles. The van der Waals surface area contributed by atoms with Crippen LogP contribution in [0.25, 0.3) is 5.76 Å². The molecule has 0 saturated heterocycles. The molecule has 1 atom stereocenters. The molecule has 1 unspecified atom stereocenters. The van der Waals surface area contributed by atoms with Crippen molar-refractivity contribution in [2.45, 2.75) is 13.2 Å². The highest BCUT2D eigenvalue weighted by Crippen LogP contribution is 2.38. The normalized spacial score (nSPS) is 19.9. The number of hydrogen-bond acceptors (Lipinski definition) is 3. The second kappa shape index (κ2) is 3.59. The Hall–Kier alpha value is -0.900. The Morgan fingerprint density at radius 3 is 2.67 bits per heavy atom. The minimum atomic E-state index is -0.910. The highest BCUT2D eigenvalue weighted by molar-refractivity contribution is 6.36. The van der Waals surface area contributed by atoms with Crippen LogP contribution in [0.4, 0.5) is 5.69 Å². The molecular formula is C10H9Cl2NO2. The molecule has 1 aliphatic rings. The Morgan fingerprint density at radius 1 is 1.33 bits per heavy atom. The zero-order chi connectivity index (χ0) is 11.2. The lowest BCUT2D eigenvalue weighted by molar-refractivity contribution is 0.235. The van der Waals surface area contributed by atoms with Crippen LogP contribution in [0.15, 0.2) is 17.7 Å². The molecule has 0 radical (unpaired) electrons. The Labute approximate surface area is 96.9 Å². The van der Waals surface area contributed by atoms with Crippen molar-refractivity contribution in [2.75, 3.05) is 5.32 Å². The summed E-state index contributed by atoms with van der Waals surface area (Å²) in [5.74, 6) is -0.00193. The van der Waals surface area contributed by atoms with E-state index >= 15 is 0 Å². The van der Waals surface area contributed by atoms with Gasteiger partial charge in [-0.1, -0.05) is 23.2 Å². The number of benzene rings is 1. The SMILES string of the molecule is CC1=C(O)c2c(Cl)cc(Cl)cc2NC1O. The molecule has 3 N–H and O–H groups in total. The summed E-state index contributed by atoms with van der Waals surface area (Å²) in [6.45, 7) is 1.63. The van der Waals surface area contributed by atoms with Crippen molar-refractivity contribution < 1.29 is 10.2 Å². The van der Waals surface area contributed by atoms with Gasteiger partial charge < -0.3 is 15.5 Å². The van der Waals surface area contributed by atoms with Crippen LogP contribution in [0.1, 0.15) is 12.5 Å². The molecule has 0 bridgehead atoms. The topological polar surface area (TPSA) is 52.5 Å². The monoisotopic (exact) mass is 245 g/mol. The highest BCUT2D eigenvalue weighted by atomic mass is 35.5. The Morgan fingerprint density at radius 2 is 2.00 bits per heavy atom. The molecule has 0 spiro atoms. The molecule has 80 valence electrons. The van der Waals surface area contributed by atoms with Gasteiger partial charge in [-0.3, -0.25) is 0 Å². The fourth-order valence-corrected chi connectivity index (χ4v) is 2.09. The predicted molar refractivity (Wildman–Crippen MR) is 61.3 cm³/mol. The second-order valence-corrected chi connectivity index (χ2v) is 4.23. The summed E-state index contributed by atoms with van der Waals surface area (Å²) in [6, 6.07) is 3.15. The third kappa shape index (κ3) is 1.67. The number of halogens is 2. The van der Waals surface area contributed by atoms with Gasteiger partial charge in [-0.2, -0.15) is 0 Å². The van der Waals surface area contributed by atoms with Crippen LogP contribution < -0.4 is 5.32 Å². The van der Waals surface area contributed by atoms with Gasteiger partial charge in [-0.25, -0.2) is 0 Å². The minimum absolute atomic E-state index is 0.00193. The lowest BCUT2D eigenvalue weighted by Gasteiger charge is -2.25. The van der Waals surface area contributed by atoms with Gasteiger partial charge in [-0.05, 0) is 19.1 Å². The third-order valence-electron chi connectivity index (χ3n) is 2.37.